The average molecular weight is 466 g/mol. The number of hydrogen-bond donors (Lipinski definition) is 2. The highest BCUT2D eigenvalue weighted by Gasteiger charge is 2.34. The minimum Gasteiger partial charge on any atom is -0.338 e. The summed E-state index contributed by atoms with van der Waals surface area (Å²) in [6, 6.07) is 3.78. The third-order valence-electron chi connectivity index (χ3n) is 7.24. The highest BCUT2D eigenvalue weighted by Crippen LogP contribution is 2.41. The van der Waals surface area contributed by atoms with Crippen molar-refractivity contribution in [3.63, 3.8) is 0 Å². The molecule has 2 bridgehead atoms. The molecule has 2 aromatic heterocycles. The van der Waals surface area contributed by atoms with Crippen molar-refractivity contribution in [3.05, 3.63) is 50.7 Å². The summed E-state index contributed by atoms with van der Waals surface area (Å²) in [6.07, 6.45) is 5.20. The smallest absolute Gasteiger partial charge is 0.263 e. The number of H-pyrrole nitrogens is 1. The van der Waals surface area contributed by atoms with E-state index < -0.39 is 0 Å². The quantitative estimate of drug-likeness (QED) is 0.712. The van der Waals surface area contributed by atoms with Gasteiger partial charge in [0.2, 0.25) is 0 Å². The van der Waals surface area contributed by atoms with E-state index in [0.717, 1.165) is 44.6 Å². The van der Waals surface area contributed by atoms with Gasteiger partial charge in [-0.25, -0.2) is 0 Å². The van der Waals surface area contributed by atoms with E-state index in [4.69, 9.17) is 0 Å². The van der Waals surface area contributed by atoms with Crippen LogP contribution in [0.1, 0.15) is 64.1 Å². The van der Waals surface area contributed by atoms with Gasteiger partial charge in [-0.1, -0.05) is 0 Å². The summed E-state index contributed by atoms with van der Waals surface area (Å²) in [5.41, 5.74) is 5.00. The van der Waals surface area contributed by atoms with E-state index in [0.29, 0.717) is 36.4 Å². The zero-order chi connectivity index (χ0) is 19.5. The van der Waals surface area contributed by atoms with E-state index in [9.17, 15) is 9.59 Å². The molecule has 5 heterocycles. The first-order chi connectivity index (χ1) is 14.2. The lowest BCUT2D eigenvalue weighted by Crippen LogP contribution is -2.46. The molecule has 2 fully saturated rings. The predicted molar refractivity (Wildman–Crippen MR) is 123 cm³/mol. The number of aromatic nitrogens is 3. The Morgan fingerprint density at radius 2 is 1.87 bits per heavy atom. The Balaban J connectivity index is 0.00000116. The maximum absolute atomic E-state index is 13.3. The first-order valence-electron chi connectivity index (χ1n) is 11.0. The van der Waals surface area contributed by atoms with E-state index in [2.05, 4.69) is 15.5 Å². The molecule has 0 unspecified atom stereocenters. The normalized spacial score (nSPS) is 24.2. The van der Waals surface area contributed by atoms with Gasteiger partial charge in [-0.3, -0.25) is 14.7 Å². The van der Waals surface area contributed by atoms with Gasteiger partial charge in [-0.15, -0.1) is 24.8 Å². The number of rotatable bonds is 2. The Bertz CT molecular complexity index is 1050. The summed E-state index contributed by atoms with van der Waals surface area (Å²) in [5, 5.41) is 11.2. The molecular weight excluding hydrogens is 437 g/mol. The van der Waals surface area contributed by atoms with Crippen LogP contribution in [0.3, 0.4) is 0 Å². The fraction of sp³-hybridized carbons (Fsp3) is 0.591. The molecule has 0 radical (unpaired) electrons. The van der Waals surface area contributed by atoms with Crippen LogP contribution in [-0.4, -0.2) is 51.8 Å². The molecule has 0 aromatic carbocycles. The molecule has 1 amide bonds. The van der Waals surface area contributed by atoms with E-state index in [-0.39, 0.29) is 36.3 Å². The Morgan fingerprint density at radius 3 is 2.68 bits per heavy atom. The van der Waals surface area contributed by atoms with E-state index in [1.54, 1.807) is 6.07 Å². The van der Waals surface area contributed by atoms with Gasteiger partial charge < -0.3 is 14.8 Å². The number of carbonyl (C=O) groups is 1. The van der Waals surface area contributed by atoms with Crippen molar-refractivity contribution in [3.8, 4) is 0 Å². The van der Waals surface area contributed by atoms with Crippen LogP contribution in [0.2, 0.25) is 0 Å². The number of nitrogens with zero attached hydrogens (tertiary/aromatic N) is 3. The fourth-order valence-electron chi connectivity index (χ4n) is 5.53. The van der Waals surface area contributed by atoms with Gasteiger partial charge in [-0.2, -0.15) is 5.10 Å². The van der Waals surface area contributed by atoms with Crippen molar-refractivity contribution in [2.24, 2.45) is 5.92 Å². The summed E-state index contributed by atoms with van der Waals surface area (Å²) in [5.74, 6) is 1.36. The molecule has 1 saturated carbocycles. The predicted octanol–water partition coefficient (Wildman–Crippen LogP) is 2.24. The number of halogens is 2. The molecular formula is C22H29Cl2N5O2. The van der Waals surface area contributed by atoms with Crippen LogP contribution in [0, 0.1) is 5.92 Å². The van der Waals surface area contributed by atoms with E-state index in [1.807, 2.05) is 15.5 Å². The minimum atomic E-state index is -0.120. The van der Waals surface area contributed by atoms with Crippen molar-refractivity contribution in [2.45, 2.75) is 50.5 Å². The van der Waals surface area contributed by atoms with Gasteiger partial charge in [0.1, 0.15) is 5.56 Å². The summed E-state index contributed by atoms with van der Waals surface area (Å²) in [7, 11) is 0. The minimum absolute atomic E-state index is 0. The van der Waals surface area contributed by atoms with Crippen LogP contribution >= 0.6 is 24.8 Å². The first kappa shape index (κ1) is 22.4. The number of fused-ring (bicyclic) bond motifs is 5. The van der Waals surface area contributed by atoms with E-state index >= 15 is 0 Å². The van der Waals surface area contributed by atoms with Crippen LogP contribution < -0.4 is 10.9 Å². The molecule has 1 aliphatic carbocycles. The zero-order valence-corrected chi connectivity index (χ0v) is 19.1. The maximum atomic E-state index is 13.3. The van der Waals surface area contributed by atoms with Crippen LogP contribution in [0.15, 0.2) is 16.9 Å². The second kappa shape index (κ2) is 8.60. The standard InChI is InChI=1S/C22H27N5O2.2ClH/c28-21(26-7-5-16-18(6-8-26)24-25-20(16)14-1-2-14)17-3-4-19-15-9-13(10-23-11-15)12-27(19)22(17)29;;/h3-4,13-15,23H,1-2,5-12H2,(H,24,25);2*1H/t13-,15+;;/m0../s1. The third-order valence-corrected chi connectivity index (χ3v) is 7.24. The molecule has 6 rings (SSSR count). The average Bonchev–Trinajstić information content (AvgIpc) is 3.53. The lowest BCUT2D eigenvalue weighted by atomic mass is 9.84. The van der Waals surface area contributed by atoms with Crippen molar-refractivity contribution in [1.82, 2.24) is 25.0 Å². The van der Waals surface area contributed by atoms with Gasteiger partial charge in [0.25, 0.3) is 11.5 Å². The second-order valence-corrected chi connectivity index (χ2v) is 9.18. The van der Waals surface area contributed by atoms with Gasteiger partial charge in [0.15, 0.2) is 0 Å². The Labute approximate surface area is 193 Å². The van der Waals surface area contributed by atoms with Gasteiger partial charge in [0.05, 0.1) is 5.69 Å². The van der Waals surface area contributed by atoms with Gasteiger partial charge >= 0.3 is 0 Å². The second-order valence-electron chi connectivity index (χ2n) is 9.18. The Morgan fingerprint density at radius 1 is 1.06 bits per heavy atom. The molecule has 3 aliphatic heterocycles. The Kier molecular flexibility index (Phi) is 6.21. The molecule has 31 heavy (non-hydrogen) atoms. The summed E-state index contributed by atoms with van der Waals surface area (Å²) >= 11 is 0. The summed E-state index contributed by atoms with van der Waals surface area (Å²) in [4.78, 5) is 28.4. The maximum Gasteiger partial charge on any atom is 0.263 e. The molecule has 2 aromatic rings. The highest BCUT2D eigenvalue weighted by atomic mass is 35.5. The topological polar surface area (TPSA) is 83.0 Å². The van der Waals surface area contributed by atoms with Crippen LogP contribution in [0.4, 0.5) is 0 Å². The zero-order valence-electron chi connectivity index (χ0n) is 17.4. The van der Waals surface area contributed by atoms with Crippen LogP contribution in [-0.2, 0) is 19.4 Å². The SMILES string of the molecule is Cl.Cl.O=C(c1ccc2n(c1=O)C[C@@H]1CNC[C@H]2C1)N1CCc2[nH]nc(C3CC3)c2CC1. The summed E-state index contributed by atoms with van der Waals surface area (Å²) in [6.45, 7) is 3.89. The van der Waals surface area contributed by atoms with Crippen molar-refractivity contribution >= 4 is 30.7 Å². The molecule has 168 valence electrons. The molecule has 2 atom stereocenters. The van der Waals surface area contributed by atoms with Crippen LogP contribution in [0.25, 0.3) is 0 Å². The molecule has 7 nitrogen and oxygen atoms in total. The fourth-order valence-corrected chi connectivity index (χ4v) is 5.53. The number of pyridine rings is 1. The number of amides is 1. The molecule has 0 spiro atoms. The number of piperidine rings is 1. The number of nitrogens with one attached hydrogen (secondary N) is 2. The van der Waals surface area contributed by atoms with E-state index in [1.165, 1.54) is 29.8 Å². The van der Waals surface area contributed by atoms with Crippen molar-refractivity contribution < 1.29 is 4.79 Å². The molecule has 1 saturated heterocycles. The lowest BCUT2D eigenvalue weighted by Gasteiger charge is -2.37. The van der Waals surface area contributed by atoms with Crippen molar-refractivity contribution in [2.75, 3.05) is 26.2 Å². The van der Waals surface area contributed by atoms with Crippen LogP contribution in [0.5, 0.6) is 0 Å². The lowest BCUT2D eigenvalue weighted by molar-refractivity contribution is 0.0759. The van der Waals surface area contributed by atoms with Gasteiger partial charge in [-0.05, 0) is 55.8 Å². The third kappa shape index (κ3) is 3.81. The Hall–Kier alpha value is -1.83. The van der Waals surface area contributed by atoms with Gasteiger partial charge in [0, 0.05) is 55.8 Å². The van der Waals surface area contributed by atoms with Crippen molar-refractivity contribution in [1.29, 1.82) is 0 Å². The molecule has 4 aliphatic rings. The highest BCUT2D eigenvalue weighted by molar-refractivity contribution is 5.94. The number of aromatic amines is 1. The number of hydrogen-bond acceptors (Lipinski definition) is 4. The molecule has 9 heteroatoms. The first-order valence-corrected chi connectivity index (χ1v) is 11.0. The number of carbonyl (C=O) groups excluding carboxylic acids is 1. The largest absolute Gasteiger partial charge is 0.338 e. The molecule has 2 N–H and O–H groups in total. The monoisotopic (exact) mass is 465 g/mol. The summed E-state index contributed by atoms with van der Waals surface area (Å²) < 4.78 is 1.88.